The Kier molecular flexibility index (Phi) is 3.76. The fourth-order valence-electron chi connectivity index (χ4n) is 2.12. The van der Waals surface area contributed by atoms with Crippen molar-refractivity contribution in [1.29, 1.82) is 0 Å². The zero-order chi connectivity index (χ0) is 14.1. The van der Waals surface area contributed by atoms with Crippen LogP contribution in [0.4, 0.5) is 9.93 Å². The summed E-state index contributed by atoms with van der Waals surface area (Å²) in [5, 5.41) is 2.67. The highest BCUT2D eigenvalue weighted by Crippen LogP contribution is 2.32. The number of aromatic nitrogens is 1. The van der Waals surface area contributed by atoms with Crippen LogP contribution in [0, 0.1) is 0 Å². The minimum atomic E-state index is -0.298. The lowest BCUT2D eigenvalue weighted by atomic mass is 10.2. The van der Waals surface area contributed by atoms with Crippen molar-refractivity contribution >= 4 is 38.5 Å². The third-order valence-corrected chi connectivity index (χ3v) is 4.64. The van der Waals surface area contributed by atoms with Gasteiger partial charge in [0.2, 0.25) is 0 Å². The van der Waals surface area contributed by atoms with Gasteiger partial charge in [-0.3, -0.25) is 0 Å². The highest BCUT2D eigenvalue weighted by atomic mass is 79.9. The second-order valence-electron chi connectivity index (χ2n) is 4.53. The summed E-state index contributed by atoms with van der Waals surface area (Å²) in [5.74, 6) is 0. The summed E-state index contributed by atoms with van der Waals surface area (Å²) in [6.45, 7) is 2.49. The molecule has 1 atom stereocenters. The summed E-state index contributed by atoms with van der Waals surface area (Å²) in [6.07, 6.45) is 0.562. The molecule has 0 aliphatic carbocycles. The Hall–Kier alpha value is -1.40. The van der Waals surface area contributed by atoms with Gasteiger partial charge in [0.1, 0.15) is 6.61 Å². The van der Waals surface area contributed by atoms with E-state index in [1.165, 1.54) is 11.3 Å². The Morgan fingerprint density at radius 2 is 2.20 bits per heavy atom. The summed E-state index contributed by atoms with van der Waals surface area (Å²) in [5.41, 5.74) is 1.92. The molecule has 20 heavy (non-hydrogen) atoms. The van der Waals surface area contributed by atoms with Gasteiger partial charge >= 0.3 is 6.09 Å². The molecule has 0 bridgehead atoms. The second-order valence-corrected chi connectivity index (χ2v) is 6.28. The largest absolute Gasteiger partial charge is 0.447 e. The van der Waals surface area contributed by atoms with Crippen LogP contribution in [0.5, 0.6) is 0 Å². The normalized spacial score (nSPS) is 18.4. The molecular weight excluding hydrogens is 340 g/mol. The molecule has 1 saturated heterocycles. The first-order valence-corrected chi connectivity index (χ1v) is 8.03. The van der Waals surface area contributed by atoms with Gasteiger partial charge in [-0.05, 0) is 18.6 Å². The minimum absolute atomic E-state index is 0.0893. The van der Waals surface area contributed by atoms with Crippen LogP contribution in [0.2, 0.25) is 0 Å². The van der Waals surface area contributed by atoms with Crippen molar-refractivity contribution in [2.24, 2.45) is 0 Å². The number of rotatable bonds is 3. The minimum Gasteiger partial charge on any atom is -0.447 e. The molecule has 0 N–H and O–H groups in total. The quantitative estimate of drug-likeness (QED) is 0.826. The molecule has 1 fully saturated rings. The van der Waals surface area contributed by atoms with E-state index >= 15 is 0 Å². The number of cyclic esters (lactones) is 1. The average Bonchev–Trinajstić information content (AvgIpc) is 3.05. The molecule has 0 unspecified atom stereocenters. The first-order chi connectivity index (χ1) is 9.69. The Labute approximate surface area is 129 Å². The van der Waals surface area contributed by atoms with Crippen molar-refractivity contribution in [2.75, 3.05) is 11.5 Å². The summed E-state index contributed by atoms with van der Waals surface area (Å²) in [6, 6.07) is 8.05. The Balaban J connectivity index is 1.90. The fourth-order valence-corrected chi connectivity index (χ4v) is 3.28. The first kappa shape index (κ1) is 13.6. The van der Waals surface area contributed by atoms with E-state index in [2.05, 4.69) is 20.9 Å². The lowest BCUT2D eigenvalue weighted by molar-refractivity contribution is 0.178. The van der Waals surface area contributed by atoms with E-state index in [1.807, 2.05) is 36.6 Å². The smallest absolute Gasteiger partial charge is 0.416 e. The van der Waals surface area contributed by atoms with Crippen LogP contribution >= 0.6 is 27.3 Å². The van der Waals surface area contributed by atoms with Crippen molar-refractivity contribution in [3.8, 4) is 11.3 Å². The van der Waals surface area contributed by atoms with Gasteiger partial charge < -0.3 is 4.74 Å². The lowest BCUT2D eigenvalue weighted by Crippen LogP contribution is -2.32. The van der Waals surface area contributed by atoms with E-state index in [1.54, 1.807) is 4.90 Å². The molecule has 1 aliphatic heterocycles. The highest BCUT2D eigenvalue weighted by Gasteiger charge is 2.34. The van der Waals surface area contributed by atoms with Crippen LogP contribution in [0.3, 0.4) is 0 Å². The zero-order valence-electron chi connectivity index (χ0n) is 10.9. The average molecular weight is 353 g/mol. The summed E-state index contributed by atoms with van der Waals surface area (Å²) >= 11 is 4.89. The topological polar surface area (TPSA) is 42.4 Å². The number of hydrogen-bond acceptors (Lipinski definition) is 4. The van der Waals surface area contributed by atoms with E-state index in [-0.39, 0.29) is 12.1 Å². The van der Waals surface area contributed by atoms with Crippen LogP contribution in [-0.4, -0.2) is 23.7 Å². The molecule has 1 amide bonds. The SMILES string of the molecule is CC[C@H]1COC(=O)N1c1nc(-c2ccc(Br)cc2)cs1. The molecular formula is C14H13BrN2O2S. The van der Waals surface area contributed by atoms with Crippen molar-refractivity contribution in [3.05, 3.63) is 34.1 Å². The van der Waals surface area contributed by atoms with Gasteiger partial charge in [-0.1, -0.05) is 35.0 Å². The Morgan fingerprint density at radius 1 is 1.45 bits per heavy atom. The maximum absolute atomic E-state index is 11.8. The number of carbonyl (C=O) groups is 1. The number of ether oxygens (including phenoxy) is 1. The van der Waals surface area contributed by atoms with E-state index < -0.39 is 0 Å². The maximum Gasteiger partial charge on any atom is 0.416 e. The van der Waals surface area contributed by atoms with E-state index in [4.69, 9.17) is 4.74 Å². The predicted molar refractivity (Wildman–Crippen MR) is 83.2 cm³/mol. The van der Waals surface area contributed by atoms with E-state index in [0.717, 1.165) is 22.2 Å². The fraction of sp³-hybridized carbons (Fsp3) is 0.286. The molecule has 1 aromatic heterocycles. The maximum atomic E-state index is 11.8. The Morgan fingerprint density at radius 3 is 2.90 bits per heavy atom. The number of thiazole rings is 1. The van der Waals surface area contributed by atoms with Crippen LogP contribution < -0.4 is 4.90 Å². The number of halogens is 1. The van der Waals surface area contributed by atoms with Gasteiger partial charge in [-0.2, -0.15) is 0 Å². The molecule has 4 nitrogen and oxygen atoms in total. The van der Waals surface area contributed by atoms with Gasteiger partial charge in [0.25, 0.3) is 0 Å². The number of carbonyl (C=O) groups excluding carboxylic acids is 1. The molecule has 0 radical (unpaired) electrons. The standard InChI is InChI=1S/C14H13BrN2O2S/c1-2-11-7-19-14(18)17(11)13-16-12(8-20-13)9-3-5-10(15)6-4-9/h3-6,8,11H,2,7H2,1H3/t11-/m0/s1. The number of amides is 1. The number of hydrogen-bond donors (Lipinski definition) is 0. The van der Waals surface area contributed by atoms with Crippen molar-refractivity contribution in [2.45, 2.75) is 19.4 Å². The second kappa shape index (κ2) is 5.54. The molecule has 2 heterocycles. The molecule has 0 saturated carbocycles. The van der Waals surface area contributed by atoms with Gasteiger partial charge in [0, 0.05) is 15.4 Å². The first-order valence-electron chi connectivity index (χ1n) is 6.36. The summed E-state index contributed by atoms with van der Waals surface area (Å²) < 4.78 is 6.13. The highest BCUT2D eigenvalue weighted by molar-refractivity contribution is 9.10. The molecule has 104 valence electrons. The molecule has 6 heteroatoms. The van der Waals surface area contributed by atoms with Gasteiger partial charge in [-0.25, -0.2) is 14.7 Å². The van der Waals surface area contributed by atoms with Crippen LogP contribution in [0.25, 0.3) is 11.3 Å². The Bertz CT molecular complexity index is 626. The van der Waals surface area contributed by atoms with E-state index in [9.17, 15) is 4.79 Å². The monoisotopic (exact) mass is 352 g/mol. The van der Waals surface area contributed by atoms with Crippen molar-refractivity contribution in [1.82, 2.24) is 4.98 Å². The molecule has 0 spiro atoms. The summed E-state index contributed by atoms with van der Waals surface area (Å²) in [4.78, 5) is 18.0. The van der Waals surface area contributed by atoms with Crippen molar-refractivity contribution < 1.29 is 9.53 Å². The molecule has 3 rings (SSSR count). The van der Waals surface area contributed by atoms with Crippen molar-refractivity contribution in [3.63, 3.8) is 0 Å². The lowest BCUT2D eigenvalue weighted by Gasteiger charge is -2.16. The molecule has 2 aromatic rings. The van der Waals surface area contributed by atoms with Gasteiger partial charge in [-0.15, -0.1) is 11.3 Å². The number of nitrogens with zero attached hydrogens (tertiary/aromatic N) is 2. The molecule has 1 aliphatic rings. The zero-order valence-corrected chi connectivity index (χ0v) is 13.3. The van der Waals surface area contributed by atoms with E-state index in [0.29, 0.717) is 11.7 Å². The number of anilines is 1. The van der Waals surface area contributed by atoms with Gasteiger partial charge in [0.05, 0.1) is 11.7 Å². The third-order valence-electron chi connectivity index (χ3n) is 3.27. The predicted octanol–water partition coefficient (Wildman–Crippen LogP) is 4.31. The summed E-state index contributed by atoms with van der Waals surface area (Å²) in [7, 11) is 0. The van der Waals surface area contributed by atoms with Gasteiger partial charge in [0.15, 0.2) is 5.13 Å². The van der Waals surface area contributed by atoms with Crippen LogP contribution in [0.1, 0.15) is 13.3 Å². The van der Waals surface area contributed by atoms with Crippen LogP contribution in [0.15, 0.2) is 34.1 Å². The van der Waals surface area contributed by atoms with Crippen LogP contribution in [-0.2, 0) is 4.74 Å². The third kappa shape index (κ3) is 2.45. The molecule has 1 aromatic carbocycles. The number of benzene rings is 1.